The lowest BCUT2D eigenvalue weighted by Crippen LogP contribution is -2.44. The topological polar surface area (TPSA) is 84.5 Å². The van der Waals surface area contributed by atoms with Crippen molar-refractivity contribution < 1.29 is 19.1 Å². The number of nitrogens with one attached hydrogen (secondary N) is 2. The SMILES string of the molecule is CC(C)(C)NC(=O)CC1(C(=O)OCC(=O)Nc2cccc(Cl)c2)CCCC1. The lowest BCUT2D eigenvalue weighted by atomic mass is 9.82. The summed E-state index contributed by atoms with van der Waals surface area (Å²) in [5.41, 5.74) is -0.674. The molecular formula is C20H27ClN2O4. The number of rotatable bonds is 6. The summed E-state index contributed by atoms with van der Waals surface area (Å²) >= 11 is 5.88. The van der Waals surface area contributed by atoms with Crippen molar-refractivity contribution in [2.24, 2.45) is 5.41 Å². The minimum atomic E-state index is -0.842. The summed E-state index contributed by atoms with van der Waals surface area (Å²) in [6, 6.07) is 6.71. The van der Waals surface area contributed by atoms with Crippen LogP contribution in [0.25, 0.3) is 0 Å². The number of esters is 1. The molecule has 6 nitrogen and oxygen atoms in total. The highest BCUT2D eigenvalue weighted by Gasteiger charge is 2.44. The molecule has 0 radical (unpaired) electrons. The monoisotopic (exact) mass is 394 g/mol. The number of ether oxygens (including phenoxy) is 1. The smallest absolute Gasteiger partial charge is 0.313 e. The van der Waals surface area contributed by atoms with Gasteiger partial charge in [0.15, 0.2) is 6.61 Å². The number of hydrogen-bond acceptors (Lipinski definition) is 4. The van der Waals surface area contributed by atoms with E-state index in [1.807, 2.05) is 20.8 Å². The zero-order valence-corrected chi connectivity index (χ0v) is 16.8. The highest BCUT2D eigenvalue weighted by molar-refractivity contribution is 6.30. The van der Waals surface area contributed by atoms with Crippen LogP contribution in [-0.2, 0) is 19.1 Å². The first kappa shape index (κ1) is 21.2. The van der Waals surface area contributed by atoms with Crippen LogP contribution in [0.15, 0.2) is 24.3 Å². The largest absolute Gasteiger partial charge is 0.455 e. The molecule has 0 aliphatic heterocycles. The molecule has 1 aliphatic rings. The fourth-order valence-corrected chi connectivity index (χ4v) is 3.51. The van der Waals surface area contributed by atoms with Crippen LogP contribution in [-0.4, -0.2) is 29.9 Å². The fourth-order valence-electron chi connectivity index (χ4n) is 3.32. The van der Waals surface area contributed by atoms with Crippen LogP contribution in [0.3, 0.4) is 0 Å². The Balaban J connectivity index is 1.92. The van der Waals surface area contributed by atoms with Crippen LogP contribution in [0, 0.1) is 5.41 Å². The lowest BCUT2D eigenvalue weighted by Gasteiger charge is -2.28. The molecule has 2 amide bonds. The molecule has 0 aromatic heterocycles. The van der Waals surface area contributed by atoms with Gasteiger partial charge >= 0.3 is 5.97 Å². The molecule has 0 spiro atoms. The van der Waals surface area contributed by atoms with Crippen molar-refractivity contribution in [1.82, 2.24) is 5.32 Å². The fraction of sp³-hybridized carbons (Fsp3) is 0.550. The van der Waals surface area contributed by atoms with E-state index >= 15 is 0 Å². The van der Waals surface area contributed by atoms with Crippen molar-refractivity contribution in [2.75, 3.05) is 11.9 Å². The van der Waals surface area contributed by atoms with E-state index in [4.69, 9.17) is 16.3 Å². The molecule has 0 unspecified atom stereocenters. The summed E-state index contributed by atoms with van der Waals surface area (Å²) in [4.78, 5) is 37.0. The minimum Gasteiger partial charge on any atom is -0.455 e. The third kappa shape index (κ3) is 6.54. The van der Waals surface area contributed by atoms with Gasteiger partial charge in [-0.05, 0) is 51.8 Å². The van der Waals surface area contributed by atoms with E-state index in [9.17, 15) is 14.4 Å². The number of anilines is 1. The molecule has 1 fully saturated rings. The van der Waals surface area contributed by atoms with Gasteiger partial charge in [0.05, 0.1) is 5.41 Å². The van der Waals surface area contributed by atoms with E-state index in [2.05, 4.69) is 10.6 Å². The standard InChI is InChI=1S/C20H27ClN2O4/c1-19(2,3)23-16(24)12-20(9-4-5-10-20)18(26)27-13-17(25)22-15-8-6-7-14(21)11-15/h6-8,11H,4-5,9-10,12-13H2,1-3H3,(H,22,25)(H,23,24). The second kappa shape index (κ2) is 8.74. The third-order valence-corrected chi connectivity index (χ3v) is 4.68. The van der Waals surface area contributed by atoms with Crippen LogP contribution in [0.5, 0.6) is 0 Å². The average molecular weight is 395 g/mol. The van der Waals surface area contributed by atoms with E-state index < -0.39 is 23.9 Å². The number of amides is 2. The molecule has 0 saturated heterocycles. The van der Waals surface area contributed by atoms with Crippen molar-refractivity contribution in [3.05, 3.63) is 29.3 Å². The Morgan fingerprint density at radius 3 is 2.41 bits per heavy atom. The highest BCUT2D eigenvalue weighted by atomic mass is 35.5. The molecule has 0 atom stereocenters. The second-order valence-corrected chi connectivity index (χ2v) is 8.53. The molecule has 0 bridgehead atoms. The Morgan fingerprint density at radius 1 is 1.15 bits per heavy atom. The maximum absolute atomic E-state index is 12.7. The maximum Gasteiger partial charge on any atom is 0.313 e. The number of hydrogen-bond donors (Lipinski definition) is 2. The molecule has 7 heteroatoms. The zero-order chi connectivity index (χ0) is 20.1. The summed E-state index contributed by atoms with van der Waals surface area (Å²) in [5.74, 6) is -1.10. The molecule has 2 N–H and O–H groups in total. The Bertz CT molecular complexity index is 706. The molecule has 1 aliphatic carbocycles. The molecule has 27 heavy (non-hydrogen) atoms. The molecule has 2 rings (SSSR count). The first-order chi connectivity index (χ1) is 12.6. The summed E-state index contributed by atoms with van der Waals surface area (Å²) in [7, 11) is 0. The van der Waals surface area contributed by atoms with Crippen LogP contribution in [0.2, 0.25) is 5.02 Å². The Labute approximate surface area is 165 Å². The summed E-state index contributed by atoms with van der Waals surface area (Å²) in [6.45, 7) is 5.29. The quantitative estimate of drug-likeness (QED) is 0.720. The van der Waals surface area contributed by atoms with Gasteiger partial charge in [0.1, 0.15) is 0 Å². The predicted octanol–water partition coefficient (Wildman–Crippen LogP) is 3.69. The van der Waals surface area contributed by atoms with Gasteiger partial charge in [0.25, 0.3) is 5.91 Å². The first-order valence-electron chi connectivity index (χ1n) is 9.13. The predicted molar refractivity (Wildman–Crippen MR) is 104 cm³/mol. The van der Waals surface area contributed by atoms with Crippen molar-refractivity contribution in [3.8, 4) is 0 Å². The van der Waals surface area contributed by atoms with Crippen molar-refractivity contribution in [3.63, 3.8) is 0 Å². The van der Waals surface area contributed by atoms with Gasteiger partial charge in [0, 0.05) is 22.7 Å². The van der Waals surface area contributed by atoms with E-state index in [0.717, 1.165) is 12.8 Å². The number of benzene rings is 1. The van der Waals surface area contributed by atoms with Crippen LogP contribution >= 0.6 is 11.6 Å². The van der Waals surface area contributed by atoms with Gasteiger partial charge in [-0.15, -0.1) is 0 Å². The zero-order valence-electron chi connectivity index (χ0n) is 16.1. The number of halogens is 1. The summed E-state index contributed by atoms with van der Waals surface area (Å²) in [5, 5.41) is 6.02. The number of carbonyl (C=O) groups is 3. The Kier molecular flexibility index (Phi) is 6.87. The van der Waals surface area contributed by atoms with Crippen molar-refractivity contribution in [2.45, 2.75) is 58.4 Å². The molecule has 1 aromatic rings. The average Bonchev–Trinajstić information content (AvgIpc) is 3.00. The normalized spacial score (nSPS) is 15.9. The molecule has 1 aromatic carbocycles. The van der Waals surface area contributed by atoms with Crippen molar-refractivity contribution in [1.29, 1.82) is 0 Å². The van der Waals surface area contributed by atoms with E-state index in [1.54, 1.807) is 24.3 Å². The Hall–Kier alpha value is -2.08. The second-order valence-electron chi connectivity index (χ2n) is 8.10. The van der Waals surface area contributed by atoms with Gasteiger partial charge in [-0.1, -0.05) is 30.5 Å². The van der Waals surface area contributed by atoms with Gasteiger partial charge in [-0.25, -0.2) is 0 Å². The van der Waals surface area contributed by atoms with Gasteiger partial charge < -0.3 is 15.4 Å². The molecule has 1 saturated carbocycles. The van der Waals surface area contributed by atoms with E-state index in [0.29, 0.717) is 23.6 Å². The van der Waals surface area contributed by atoms with Gasteiger partial charge in [0.2, 0.25) is 5.91 Å². The molecular weight excluding hydrogens is 368 g/mol. The Morgan fingerprint density at radius 2 is 1.81 bits per heavy atom. The third-order valence-electron chi connectivity index (χ3n) is 4.45. The lowest BCUT2D eigenvalue weighted by molar-refractivity contribution is -0.160. The van der Waals surface area contributed by atoms with Crippen LogP contribution in [0.1, 0.15) is 52.9 Å². The van der Waals surface area contributed by atoms with Gasteiger partial charge in [-0.3, -0.25) is 14.4 Å². The first-order valence-corrected chi connectivity index (χ1v) is 9.51. The summed E-state index contributed by atoms with van der Waals surface area (Å²) in [6.07, 6.45) is 3.01. The molecule has 0 heterocycles. The van der Waals surface area contributed by atoms with Gasteiger partial charge in [-0.2, -0.15) is 0 Å². The highest BCUT2D eigenvalue weighted by Crippen LogP contribution is 2.42. The van der Waals surface area contributed by atoms with Crippen LogP contribution in [0.4, 0.5) is 5.69 Å². The number of carbonyl (C=O) groups excluding carboxylic acids is 3. The van der Waals surface area contributed by atoms with E-state index in [1.165, 1.54) is 0 Å². The minimum absolute atomic E-state index is 0.0824. The molecule has 148 valence electrons. The van der Waals surface area contributed by atoms with Crippen LogP contribution < -0.4 is 10.6 Å². The maximum atomic E-state index is 12.7. The summed E-state index contributed by atoms with van der Waals surface area (Å²) < 4.78 is 5.26. The van der Waals surface area contributed by atoms with Crippen molar-refractivity contribution >= 4 is 35.1 Å². The van der Waals surface area contributed by atoms with E-state index in [-0.39, 0.29) is 17.9 Å².